The first kappa shape index (κ1) is 17.7. The van der Waals surface area contributed by atoms with Gasteiger partial charge in [0.25, 0.3) is 0 Å². The van der Waals surface area contributed by atoms with Gasteiger partial charge in [-0.25, -0.2) is 0 Å². The van der Waals surface area contributed by atoms with Crippen LogP contribution in [0.5, 0.6) is 0 Å². The van der Waals surface area contributed by atoms with E-state index >= 15 is 0 Å². The molecule has 0 saturated carbocycles. The molecule has 1 aliphatic carbocycles. The van der Waals surface area contributed by atoms with Crippen molar-refractivity contribution in [3.63, 3.8) is 0 Å². The lowest BCUT2D eigenvalue weighted by Gasteiger charge is -2.40. The van der Waals surface area contributed by atoms with Crippen LogP contribution in [0.25, 0.3) is 0 Å². The quantitative estimate of drug-likeness (QED) is 0.520. The molecule has 0 unspecified atom stereocenters. The summed E-state index contributed by atoms with van der Waals surface area (Å²) in [4.78, 5) is 0. The molecule has 0 saturated heterocycles. The second-order valence-electron chi connectivity index (χ2n) is 7.51. The van der Waals surface area contributed by atoms with Crippen molar-refractivity contribution in [2.24, 2.45) is 0 Å². The van der Waals surface area contributed by atoms with Crippen molar-refractivity contribution < 1.29 is 9.16 Å². The molecule has 1 aliphatic rings. The molecule has 0 amide bonds. The fourth-order valence-corrected chi connectivity index (χ4v) is 3.40. The zero-order valence-electron chi connectivity index (χ0n) is 14.2. The number of rotatable bonds is 5. The third-order valence-electron chi connectivity index (χ3n) is 4.33. The molecule has 0 radical (unpaired) electrons. The van der Waals surface area contributed by atoms with E-state index in [0.29, 0.717) is 6.61 Å². The first-order valence-electron chi connectivity index (χ1n) is 7.74. The van der Waals surface area contributed by atoms with E-state index in [9.17, 15) is 0 Å². The standard InChI is InChI=1S/C17H32O2Si/c1-14(2)13-18-15-11-9-8-10-12-16(15)19-20(6,7)17(3,4)5/h9,11,15-16H,1,8,10,12-13H2,2-7H3/t15-,16+/m1/s1. The SMILES string of the molecule is C=C(C)CO[C@@H]1C=CCCC[C@@H]1O[Si](C)(C)C(C)(C)C. The highest BCUT2D eigenvalue weighted by molar-refractivity contribution is 6.74. The fraction of sp³-hybridized carbons (Fsp3) is 0.765. The first-order chi connectivity index (χ1) is 9.13. The summed E-state index contributed by atoms with van der Waals surface area (Å²) >= 11 is 0. The van der Waals surface area contributed by atoms with Crippen LogP contribution >= 0.6 is 0 Å². The van der Waals surface area contributed by atoms with Crippen molar-refractivity contribution in [1.29, 1.82) is 0 Å². The molecule has 0 N–H and O–H groups in total. The molecular weight excluding hydrogens is 264 g/mol. The van der Waals surface area contributed by atoms with Gasteiger partial charge in [0.2, 0.25) is 0 Å². The maximum atomic E-state index is 6.60. The molecule has 0 aromatic heterocycles. The van der Waals surface area contributed by atoms with Crippen molar-refractivity contribution in [1.82, 2.24) is 0 Å². The Labute approximate surface area is 126 Å². The van der Waals surface area contributed by atoms with E-state index in [4.69, 9.17) is 9.16 Å². The maximum Gasteiger partial charge on any atom is 0.192 e. The Morgan fingerprint density at radius 2 is 2.00 bits per heavy atom. The van der Waals surface area contributed by atoms with Crippen LogP contribution in [0.2, 0.25) is 18.1 Å². The Bertz CT molecular complexity index is 352. The van der Waals surface area contributed by atoms with Gasteiger partial charge >= 0.3 is 0 Å². The number of hydrogen-bond acceptors (Lipinski definition) is 2. The summed E-state index contributed by atoms with van der Waals surface area (Å²) in [6, 6.07) is 0. The average molecular weight is 297 g/mol. The normalized spacial score (nSPS) is 24.5. The van der Waals surface area contributed by atoms with E-state index in [1.807, 2.05) is 6.92 Å². The lowest BCUT2D eigenvalue weighted by atomic mass is 10.1. The lowest BCUT2D eigenvalue weighted by Crippen LogP contribution is -2.47. The van der Waals surface area contributed by atoms with Gasteiger partial charge in [-0.2, -0.15) is 0 Å². The monoisotopic (exact) mass is 296 g/mol. The van der Waals surface area contributed by atoms with E-state index in [-0.39, 0.29) is 17.2 Å². The van der Waals surface area contributed by atoms with Crippen LogP contribution in [0.15, 0.2) is 24.3 Å². The van der Waals surface area contributed by atoms with Gasteiger partial charge in [0, 0.05) is 0 Å². The van der Waals surface area contributed by atoms with Gasteiger partial charge in [0.15, 0.2) is 8.32 Å². The highest BCUT2D eigenvalue weighted by Gasteiger charge is 2.40. The van der Waals surface area contributed by atoms with Crippen molar-refractivity contribution in [2.75, 3.05) is 6.61 Å². The van der Waals surface area contributed by atoms with Crippen molar-refractivity contribution in [2.45, 2.75) is 77.3 Å². The topological polar surface area (TPSA) is 18.5 Å². The minimum atomic E-state index is -1.75. The van der Waals surface area contributed by atoms with E-state index in [0.717, 1.165) is 18.4 Å². The molecular formula is C17H32O2Si. The fourth-order valence-electron chi connectivity index (χ4n) is 2.04. The predicted molar refractivity (Wildman–Crippen MR) is 89.6 cm³/mol. The van der Waals surface area contributed by atoms with Gasteiger partial charge in [-0.05, 0) is 44.3 Å². The molecule has 0 bridgehead atoms. The molecule has 2 nitrogen and oxygen atoms in total. The van der Waals surface area contributed by atoms with Crippen LogP contribution in [0.1, 0.15) is 47.0 Å². The summed E-state index contributed by atoms with van der Waals surface area (Å²) in [5.74, 6) is 0. The number of hydrogen-bond donors (Lipinski definition) is 0. The first-order valence-corrected chi connectivity index (χ1v) is 10.6. The molecule has 1 rings (SSSR count). The van der Waals surface area contributed by atoms with Crippen LogP contribution < -0.4 is 0 Å². The Morgan fingerprint density at radius 1 is 1.35 bits per heavy atom. The third kappa shape index (κ3) is 5.19. The van der Waals surface area contributed by atoms with Crippen molar-refractivity contribution >= 4 is 8.32 Å². The number of allylic oxidation sites excluding steroid dienone is 1. The van der Waals surface area contributed by atoms with Gasteiger partial charge in [-0.3, -0.25) is 0 Å². The second kappa shape index (κ2) is 7.06. The predicted octanol–water partition coefficient (Wildman–Crippen LogP) is 5.08. The Morgan fingerprint density at radius 3 is 2.55 bits per heavy atom. The van der Waals surface area contributed by atoms with Crippen LogP contribution in [0.3, 0.4) is 0 Å². The van der Waals surface area contributed by atoms with Gasteiger partial charge in [0.1, 0.15) is 6.10 Å². The smallest absolute Gasteiger partial charge is 0.192 e. The average Bonchev–Trinajstić information content (AvgIpc) is 2.49. The molecule has 0 fully saturated rings. The zero-order valence-corrected chi connectivity index (χ0v) is 15.2. The highest BCUT2D eigenvalue weighted by atomic mass is 28.4. The minimum absolute atomic E-state index is 0.0725. The van der Waals surface area contributed by atoms with Gasteiger partial charge in [-0.1, -0.05) is 45.1 Å². The zero-order chi connectivity index (χ0) is 15.4. The van der Waals surface area contributed by atoms with Crippen molar-refractivity contribution in [3.05, 3.63) is 24.3 Å². The summed E-state index contributed by atoms with van der Waals surface area (Å²) in [7, 11) is -1.75. The molecule has 0 aromatic carbocycles. The molecule has 116 valence electrons. The van der Waals surface area contributed by atoms with Gasteiger partial charge in [0.05, 0.1) is 12.7 Å². The maximum absolute atomic E-state index is 6.60. The van der Waals surface area contributed by atoms with Crippen LogP contribution in [-0.2, 0) is 9.16 Å². The summed E-state index contributed by atoms with van der Waals surface area (Å²) in [6.07, 6.45) is 8.08. The Balaban J connectivity index is 2.77. The molecule has 3 heteroatoms. The molecule has 0 aromatic rings. The highest BCUT2D eigenvalue weighted by Crippen LogP contribution is 2.38. The molecule has 0 heterocycles. The summed E-state index contributed by atoms with van der Waals surface area (Å²) in [5.41, 5.74) is 1.06. The van der Waals surface area contributed by atoms with Crippen LogP contribution in [-0.4, -0.2) is 27.1 Å². The molecule has 2 atom stereocenters. The van der Waals surface area contributed by atoms with Crippen molar-refractivity contribution in [3.8, 4) is 0 Å². The summed E-state index contributed by atoms with van der Waals surface area (Å²) in [6.45, 7) is 18.0. The summed E-state index contributed by atoms with van der Waals surface area (Å²) < 4.78 is 12.6. The lowest BCUT2D eigenvalue weighted by molar-refractivity contribution is 0.00334. The van der Waals surface area contributed by atoms with E-state index in [2.05, 4.69) is 52.6 Å². The summed E-state index contributed by atoms with van der Waals surface area (Å²) in [5, 5.41) is 0.238. The van der Waals surface area contributed by atoms with Gasteiger partial charge in [-0.15, -0.1) is 0 Å². The Kier molecular flexibility index (Phi) is 6.23. The Hall–Kier alpha value is -0.383. The van der Waals surface area contributed by atoms with E-state index in [1.54, 1.807) is 0 Å². The van der Waals surface area contributed by atoms with Crippen LogP contribution in [0.4, 0.5) is 0 Å². The number of ether oxygens (including phenoxy) is 1. The molecule has 20 heavy (non-hydrogen) atoms. The van der Waals surface area contributed by atoms with E-state index in [1.165, 1.54) is 6.42 Å². The largest absolute Gasteiger partial charge is 0.411 e. The van der Waals surface area contributed by atoms with Crippen LogP contribution in [0, 0.1) is 0 Å². The third-order valence-corrected chi connectivity index (χ3v) is 8.83. The van der Waals surface area contributed by atoms with Gasteiger partial charge < -0.3 is 9.16 Å². The molecule has 0 spiro atoms. The molecule has 0 aliphatic heterocycles. The minimum Gasteiger partial charge on any atom is -0.411 e. The van der Waals surface area contributed by atoms with E-state index < -0.39 is 8.32 Å². The second-order valence-corrected chi connectivity index (χ2v) is 12.3.